The molecule has 1 aromatic heterocycles. The first kappa shape index (κ1) is 10.5. The van der Waals surface area contributed by atoms with Gasteiger partial charge in [0.05, 0.1) is 16.4 Å². The van der Waals surface area contributed by atoms with Crippen LogP contribution in [0.15, 0.2) is 0 Å². The van der Waals surface area contributed by atoms with E-state index < -0.39 is 0 Å². The van der Waals surface area contributed by atoms with E-state index in [4.69, 9.17) is 16.7 Å². The van der Waals surface area contributed by atoms with Crippen molar-refractivity contribution in [1.82, 2.24) is 9.78 Å². The van der Waals surface area contributed by atoms with E-state index >= 15 is 0 Å². The van der Waals surface area contributed by atoms with Gasteiger partial charge in [-0.15, -0.1) is 0 Å². The highest BCUT2D eigenvalue weighted by Crippen LogP contribution is 2.21. The molecular weight excluding hydrogens is 188 g/mol. The van der Waals surface area contributed by atoms with Crippen molar-refractivity contribution in [3.63, 3.8) is 0 Å². The maximum Gasteiger partial charge on any atom is 0.0847 e. The van der Waals surface area contributed by atoms with Crippen molar-refractivity contribution >= 4 is 11.6 Å². The van der Waals surface area contributed by atoms with E-state index in [0.29, 0.717) is 0 Å². The predicted octanol–water partition coefficient (Wildman–Crippen LogP) is 1.55. The Morgan fingerprint density at radius 2 is 2.23 bits per heavy atom. The van der Waals surface area contributed by atoms with Crippen LogP contribution < -0.4 is 0 Å². The minimum absolute atomic E-state index is 0.181. The van der Waals surface area contributed by atoms with Crippen molar-refractivity contribution in [3.05, 3.63) is 16.4 Å². The van der Waals surface area contributed by atoms with E-state index in [1.165, 1.54) is 0 Å². The zero-order valence-electron chi connectivity index (χ0n) is 8.21. The van der Waals surface area contributed by atoms with E-state index in [1.807, 2.05) is 20.9 Å². The van der Waals surface area contributed by atoms with Gasteiger partial charge in [0, 0.05) is 13.7 Å². The second-order valence-electron chi connectivity index (χ2n) is 3.46. The Kier molecular flexibility index (Phi) is 3.33. The molecule has 0 aromatic carbocycles. The second-order valence-corrected chi connectivity index (χ2v) is 3.84. The minimum atomic E-state index is 0.181. The summed E-state index contributed by atoms with van der Waals surface area (Å²) in [5, 5.41) is 13.8. The van der Waals surface area contributed by atoms with Gasteiger partial charge in [0.1, 0.15) is 0 Å². The molecule has 1 heterocycles. The lowest BCUT2D eigenvalue weighted by Gasteiger charge is -2.07. The molecule has 0 aliphatic carbocycles. The largest absolute Gasteiger partial charge is 0.396 e. The number of aromatic nitrogens is 2. The standard InChI is InChI=1S/C9H15ClN2O/c1-6(5-13)4-8-9(10)7(2)11-12(8)3/h6,13H,4-5H2,1-3H3. The number of aliphatic hydroxyl groups excluding tert-OH is 1. The van der Waals surface area contributed by atoms with E-state index in [0.717, 1.165) is 22.8 Å². The molecule has 74 valence electrons. The van der Waals surface area contributed by atoms with Gasteiger partial charge in [0.2, 0.25) is 0 Å². The summed E-state index contributed by atoms with van der Waals surface area (Å²) in [5.41, 5.74) is 1.85. The fourth-order valence-corrected chi connectivity index (χ4v) is 1.53. The Labute approximate surface area is 83.3 Å². The summed E-state index contributed by atoms with van der Waals surface area (Å²) in [5.74, 6) is 0.229. The first-order valence-corrected chi connectivity index (χ1v) is 4.73. The molecule has 1 aromatic rings. The smallest absolute Gasteiger partial charge is 0.0847 e. The molecule has 1 N–H and O–H groups in total. The maximum atomic E-state index is 8.91. The average molecular weight is 203 g/mol. The number of hydrogen-bond acceptors (Lipinski definition) is 2. The summed E-state index contributed by atoms with van der Waals surface area (Å²) in [6.07, 6.45) is 0.771. The van der Waals surface area contributed by atoms with Crippen molar-refractivity contribution in [1.29, 1.82) is 0 Å². The third-order valence-electron chi connectivity index (χ3n) is 2.12. The van der Waals surface area contributed by atoms with Crippen LogP contribution >= 0.6 is 11.6 Å². The molecule has 1 rings (SSSR count). The normalized spacial score (nSPS) is 13.3. The van der Waals surface area contributed by atoms with Crippen molar-refractivity contribution in [2.45, 2.75) is 20.3 Å². The zero-order chi connectivity index (χ0) is 10.0. The molecule has 3 nitrogen and oxygen atoms in total. The van der Waals surface area contributed by atoms with Gasteiger partial charge < -0.3 is 5.11 Å². The predicted molar refractivity (Wildman–Crippen MR) is 52.9 cm³/mol. The summed E-state index contributed by atoms with van der Waals surface area (Å²) >= 11 is 6.05. The van der Waals surface area contributed by atoms with E-state index in [-0.39, 0.29) is 12.5 Å². The highest BCUT2D eigenvalue weighted by atomic mass is 35.5. The van der Waals surface area contributed by atoms with Gasteiger partial charge in [-0.05, 0) is 19.3 Å². The number of rotatable bonds is 3. The lowest BCUT2D eigenvalue weighted by molar-refractivity contribution is 0.235. The van der Waals surface area contributed by atoms with Gasteiger partial charge in [0.25, 0.3) is 0 Å². The number of hydrogen-bond donors (Lipinski definition) is 1. The lowest BCUT2D eigenvalue weighted by atomic mass is 10.1. The fraction of sp³-hybridized carbons (Fsp3) is 0.667. The molecule has 0 spiro atoms. The highest BCUT2D eigenvalue weighted by molar-refractivity contribution is 6.31. The van der Waals surface area contributed by atoms with Crippen LogP contribution in [0.1, 0.15) is 18.3 Å². The van der Waals surface area contributed by atoms with Gasteiger partial charge in [-0.25, -0.2) is 0 Å². The molecule has 4 heteroatoms. The molecule has 0 saturated heterocycles. The van der Waals surface area contributed by atoms with E-state index in [9.17, 15) is 0 Å². The summed E-state index contributed by atoms with van der Waals surface area (Å²) in [6, 6.07) is 0. The Morgan fingerprint density at radius 3 is 2.62 bits per heavy atom. The van der Waals surface area contributed by atoms with Crippen LogP contribution in [-0.2, 0) is 13.5 Å². The third-order valence-corrected chi connectivity index (χ3v) is 2.61. The summed E-state index contributed by atoms with van der Waals surface area (Å²) in [7, 11) is 1.87. The van der Waals surface area contributed by atoms with Crippen LogP contribution in [0, 0.1) is 12.8 Å². The van der Waals surface area contributed by atoms with Gasteiger partial charge in [0.15, 0.2) is 0 Å². The topological polar surface area (TPSA) is 38.0 Å². The Morgan fingerprint density at radius 1 is 1.62 bits per heavy atom. The SMILES string of the molecule is Cc1nn(C)c(CC(C)CO)c1Cl. The molecule has 0 amide bonds. The molecule has 0 fully saturated rings. The first-order chi connectivity index (χ1) is 6.06. The summed E-state index contributed by atoms with van der Waals surface area (Å²) < 4.78 is 1.78. The van der Waals surface area contributed by atoms with Gasteiger partial charge >= 0.3 is 0 Å². The zero-order valence-corrected chi connectivity index (χ0v) is 8.97. The highest BCUT2D eigenvalue weighted by Gasteiger charge is 2.13. The van der Waals surface area contributed by atoms with Gasteiger partial charge in [-0.3, -0.25) is 4.68 Å². The number of aryl methyl sites for hydroxylation is 2. The number of nitrogens with zero attached hydrogens (tertiary/aromatic N) is 2. The summed E-state index contributed by atoms with van der Waals surface area (Å²) in [4.78, 5) is 0. The molecule has 0 bridgehead atoms. The van der Waals surface area contributed by atoms with E-state index in [1.54, 1.807) is 4.68 Å². The molecule has 0 radical (unpaired) electrons. The molecule has 0 aliphatic heterocycles. The average Bonchev–Trinajstić information content (AvgIpc) is 2.32. The van der Waals surface area contributed by atoms with Crippen molar-refractivity contribution in [3.8, 4) is 0 Å². The van der Waals surface area contributed by atoms with Crippen molar-refractivity contribution < 1.29 is 5.11 Å². The molecule has 0 aliphatic rings. The Bertz CT molecular complexity index is 296. The maximum absolute atomic E-state index is 8.91. The third kappa shape index (κ3) is 2.23. The Balaban J connectivity index is 2.87. The van der Waals surface area contributed by atoms with Crippen molar-refractivity contribution in [2.75, 3.05) is 6.61 Å². The lowest BCUT2D eigenvalue weighted by Crippen LogP contribution is -2.08. The van der Waals surface area contributed by atoms with Crippen LogP contribution in [0.4, 0.5) is 0 Å². The Hall–Kier alpha value is -0.540. The number of aliphatic hydroxyl groups is 1. The quantitative estimate of drug-likeness (QED) is 0.808. The van der Waals surface area contributed by atoms with Crippen LogP contribution in [0.2, 0.25) is 5.02 Å². The van der Waals surface area contributed by atoms with Gasteiger partial charge in [-0.1, -0.05) is 18.5 Å². The minimum Gasteiger partial charge on any atom is -0.396 e. The number of halogens is 1. The van der Waals surface area contributed by atoms with Gasteiger partial charge in [-0.2, -0.15) is 5.10 Å². The molecule has 13 heavy (non-hydrogen) atoms. The van der Waals surface area contributed by atoms with E-state index in [2.05, 4.69) is 5.10 Å². The van der Waals surface area contributed by atoms with Crippen LogP contribution in [0.3, 0.4) is 0 Å². The van der Waals surface area contributed by atoms with Crippen molar-refractivity contribution in [2.24, 2.45) is 13.0 Å². The van der Waals surface area contributed by atoms with Crippen LogP contribution in [0.25, 0.3) is 0 Å². The fourth-order valence-electron chi connectivity index (χ4n) is 1.30. The second kappa shape index (κ2) is 4.11. The summed E-state index contributed by atoms with van der Waals surface area (Å²) in [6.45, 7) is 4.05. The molecule has 1 unspecified atom stereocenters. The molecular formula is C9H15ClN2O. The first-order valence-electron chi connectivity index (χ1n) is 4.35. The monoisotopic (exact) mass is 202 g/mol. The molecule has 1 atom stereocenters. The molecule has 0 saturated carbocycles. The van der Waals surface area contributed by atoms with Crippen LogP contribution in [0.5, 0.6) is 0 Å². The van der Waals surface area contributed by atoms with Crippen LogP contribution in [-0.4, -0.2) is 21.5 Å².